The maximum Gasteiger partial charge on any atom is 0.306 e. The van der Waals surface area contributed by atoms with Crippen LogP contribution < -0.4 is 0 Å². The zero-order valence-electron chi connectivity index (χ0n) is 10.3. The van der Waals surface area contributed by atoms with Crippen LogP contribution in [0.4, 0.5) is 0 Å². The molecule has 0 amide bonds. The van der Waals surface area contributed by atoms with Crippen LogP contribution in [0.2, 0.25) is 0 Å². The lowest BCUT2D eigenvalue weighted by molar-refractivity contribution is -0.157. The predicted octanol–water partition coefficient (Wildman–Crippen LogP) is 2.87. The van der Waals surface area contributed by atoms with Gasteiger partial charge in [0, 0.05) is 12.8 Å². The summed E-state index contributed by atoms with van der Waals surface area (Å²) in [6.45, 7) is 7.65. The van der Waals surface area contributed by atoms with Crippen LogP contribution in [0.25, 0.3) is 0 Å². The Morgan fingerprint density at radius 2 is 1.73 bits per heavy atom. The molecule has 0 aliphatic carbocycles. The summed E-state index contributed by atoms with van der Waals surface area (Å²) in [5.74, 6) is -0.157. The predicted molar refractivity (Wildman–Crippen MR) is 59.6 cm³/mol. The zero-order valence-corrected chi connectivity index (χ0v) is 10.3. The van der Waals surface area contributed by atoms with Gasteiger partial charge in [-0.3, -0.25) is 9.59 Å². The van der Waals surface area contributed by atoms with Crippen molar-refractivity contribution in [3.05, 3.63) is 0 Å². The van der Waals surface area contributed by atoms with Gasteiger partial charge in [-0.25, -0.2) is 0 Å². The lowest BCUT2D eigenvalue weighted by Gasteiger charge is -2.24. The van der Waals surface area contributed by atoms with E-state index >= 15 is 0 Å². The monoisotopic (exact) mass is 214 g/mol. The number of ketones is 1. The van der Waals surface area contributed by atoms with Crippen LogP contribution in [0.5, 0.6) is 0 Å². The number of esters is 1. The number of ether oxygens (including phenoxy) is 1. The molecule has 0 saturated heterocycles. The van der Waals surface area contributed by atoms with Crippen molar-refractivity contribution in [2.45, 2.75) is 65.4 Å². The highest BCUT2D eigenvalue weighted by Crippen LogP contribution is 2.17. The van der Waals surface area contributed by atoms with Crippen LogP contribution in [0.1, 0.15) is 59.8 Å². The number of rotatable bonds is 7. The highest BCUT2D eigenvalue weighted by molar-refractivity contribution is 5.82. The van der Waals surface area contributed by atoms with Crippen LogP contribution in [0.3, 0.4) is 0 Å². The van der Waals surface area contributed by atoms with Gasteiger partial charge in [0.05, 0.1) is 6.42 Å². The Hall–Kier alpha value is -0.860. The molecule has 0 atom stereocenters. The zero-order chi connectivity index (χ0) is 11.9. The first-order chi connectivity index (χ1) is 6.91. The third kappa shape index (κ3) is 7.11. The van der Waals surface area contributed by atoms with Gasteiger partial charge in [0.25, 0.3) is 0 Å². The first-order valence-corrected chi connectivity index (χ1v) is 5.64. The highest BCUT2D eigenvalue weighted by Gasteiger charge is 2.21. The molecule has 0 bridgehead atoms. The van der Waals surface area contributed by atoms with E-state index in [9.17, 15) is 9.59 Å². The molecule has 88 valence electrons. The lowest BCUT2D eigenvalue weighted by Crippen LogP contribution is -2.27. The molecule has 3 nitrogen and oxygen atoms in total. The van der Waals surface area contributed by atoms with Crippen molar-refractivity contribution in [2.24, 2.45) is 0 Å². The Bertz CT molecular complexity index is 219. The van der Waals surface area contributed by atoms with E-state index in [-0.39, 0.29) is 18.2 Å². The molecule has 0 aromatic carbocycles. The van der Waals surface area contributed by atoms with Gasteiger partial charge in [0.15, 0.2) is 0 Å². The van der Waals surface area contributed by atoms with Gasteiger partial charge in [-0.1, -0.05) is 20.3 Å². The van der Waals surface area contributed by atoms with Crippen LogP contribution >= 0.6 is 0 Å². The first kappa shape index (κ1) is 14.1. The van der Waals surface area contributed by atoms with Crippen molar-refractivity contribution in [1.82, 2.24) is 0 Å². The fourth-order valence-corrected chi connectivity index (χ4v) is 1.43. The highest BCUT2D eigenvalue weighted by atomic mass is 16.6. The average molecular weight is 214 g/mol. The van der Waals surface area contributed by atoms with Crippen LogP contribution in [0.15, 0.2) is 0 Å². The molecule has 0 aromatic heterocycles. The Morgan fingerprint density at radius 3 is 2.20 bits per heavy atom. The van der Waals surface area contributed by atoms with Gasteiger partial charge >= 0.3 is 5.97 Å². The lowest BCUT2D eigenvalue weighted by atomic mass is 10.0. The summed E-state index contributed by atoms with van der Waals surface area (Å²) >= 11 is 0. The number of Topliss-reactive ketones (excluding diaryl/α,β-unsaturated/α-hetero) is 1. The van der Waals surface area contributed by atoms with Gasteiger partial charge in [-0.15, -0.1) is 0 Å². The Labute approximate surface area is 92.2 Å². The maximum absolute atomic E-state index is 11.4. The first-order valence-electron chi connectivity index (χ1n) is 5.64. The van der Waals surface area contributed by atoms with E-state index in [1.54, 1.807) is 6.92 Å². The summed E-state index contributed by atoms with van der Waals surface area (Å²) in [5, 5.41) is 0. The SMILES string of the molecule is CCCC(C)(C)OC(=O)CCC(=O)CC. The van der Waals surface area contributed by atoms with E-state index in [0.717, 1.165) is 12.8 Å². The Morgan fingerprint density at radius 1 is 1.13 bits per heavy atom. The smallest absolute Gasteiger partial charge is 0.306 e. The van der Waals surface area contributed by atoms with E-state index in [1.165, 1.54) is 0 Å². The van der Waals surface area contributed by atoms with E-state index in [0.29, 0.717) is 12.8 Å². The molecule has 0 heterocycles. The minimum absolute atomic E-state index is 0.111. The number of hydrogen-bond donors (Lipinski definition) is 0. The topological polar surface area (TPSA) is 43.4 Å². The third-order valence-corrected chi connectivity index (χ3v) is 2.24. The van der Waals surface area contributed by atoms with Crippen LogP contribution in [-0.4, -0.2) is 17.4 Å². The molecule has 0 aliphatic heterocycles. The fraction of sp³-hybridized carbons (Fsp3) is 0.833. The van der Waals surface area contributed by atoms with Gasteiger partial charge in [0.2, 0.25) is 0 Å². The quantitative estimate of drug-likeness (QED) is 0.612. The van der Waals surface area contributed by atoms with Crippen molar-refractivity contribution in [3.63, 3.8) is 0 Å². The second-order valence-corrected chi connectivity index (χ2v) is 4.38. The molecule has 0 spiro atoms. The summed E-state index contributed by atoms with van der Waals surface area (Å²) in [6, 6.07) is 0. The van der Waals surface area contributed by atoms with E-state index in [4.69, 9.17) is 4.74 Å². The number of hydrogen-bond acceptors (Lipinski definition) is 3. The van der Waals surface area contributed by atoms with Crippen molar-refractivity contribution >= 4 is 11.8 Å². The van der Waals surface area contributed by atoms with Crippen molar-refractivity contribution in [2.75, 3.05) is 0 Å². The van der Waals surface area contributed by atoms with Crippen LogP contribution in [0, 0.1) is 0 Å². The van der Waals surface area contributed by atoms with E-state index < -0.39 is 5.60 Å². The molecule has 3 heteroatoms. The average Bonchev–Trinajstić information content (AvgIpc) is 2.13. The summed E-state index contributed by atoms with van der Waals surface area (Å²) in [4.78, 5) is 22.4. The second kappa shape index (κ2) is 6.59. The maximum atomic E-state index is 11.4. The van der Waals surface area contributed by atoms with E-state index in [2.05, 4.69) is 6.92 Å². The Balaban J connectivity index is 3.87. The molecule has 0 saturated carbocycles. The molecule has 15 heavy (non-hydrogen) atoms. The van der Waals surface area contributed by atoms with Crippen molar-refractivity contribution < 1.29 is 14.3 Å². The molecule has 0 aliphatic rings. The minimum Gasteiger partial charge on any atom is -0.460 e. The fourth-order valence-electron chi connectivity index (χ4n) is 1.43. The van der Waals surface area contributed by atoms with Gasteiger partial charge < -0.3 is 4.74 Å². The number of carbonyl (C=O) groups excluding carboxylic acids is 2. The minimum atomic E-state index is -0.402. The third-order valence-electron chi connectivity index (χ3n) is 2.24. The molecule has 0 radical (unpaired) electrons. The van der Waals surface area contributed by atoms with Crippen molar-refractivity contribution in [1.29, 1.82) is 0 Å². The van der Waals surface area contributed by atoms with Gasteiger partial charge in [-0.05, 0) is 20.3 Å². The molecular formula is C12H22O3. The molecule has 0 fully saturated rings. The van der Waals surface area contributed by atoms with E-state index in [1.807, 2.05) is 13.8 Å². The van der Waals surface area contributed by atoms with Gasteiger partial charge in [0.1, 0.15) is 11.4 Å². The summed E-state index contributed by atoms with van der Waals surface area (Å²) in [6.07, 6.45) is 2.83. The summed E-state index contributed by atoms with van der Waals surface area (Å²) in [5.41, 5.74) is -0.402. The number of carbonyl (C=O) groups is 2. The molecular weight excluding hydrogens is 192 g/mol. The Kier molecular flexibility index (Phi) is 6.21. The molecule has 0 aromatic rings. The standard InChI is InChI=1S/C12H22O3/c1-5-9-12(3,4)15-11(14)8-7-10(13)6-2/h5-9H2,1-4H3. The summed E-state index contributed by atoms with van der Waals surface area (Å²) < 4.78 is 5.28. The molecule has 0 unspecified atom stereocenters. The molecule has 0 N–H and O–H groups in total. The largest absolute Gasteiger partial charge is 0.460 e. The molecule has 0 rings (SSSR count). The second-order valence-electron chi connectivity index (χ2n) is 4.38. The summed E-state index contributed by atoms with van der Waals surface area (Å²) in [7, 11) is 0. The normalized spacial score (nSPS) is 11.2. The van der Waals surface area contributed by atoms with Gasteiger partial charge in [-0.2, -0.15) is 0 Å². The van der Waals surface area contributed by atoms with Crippen LogP contribution in [-0.2, 0) is 14.3 Å². The van der Waals surface area contributed by atoms with Crippen molar-refractivity contribution in [3.8, 4) is 0 Å².